The second kappa shape index (κ2) is 8.10. The summed E-state index contributed by atoms with van der Waals surface area (Å²) in [5.41, 5.74) is 1.37. The van der Waals surface area contributed by atoms with Crippen molar-refractivity contribution < 1.29 is 4.79 Å². The van der Waals surface area contributed by atoms with Gasteiger partial charge in [0.1, 0.15) is 11.5 Å². The summed E-state index contributed by atoms with van der Waals surface area (Å²) in [5, 5.41) is 3.01. The van der Waals surface area contributed by atoms with Gasteiger partial charge in [-0.1, -0.05) is 37.3 Å². The SMILES string of the molecule is CCC(C)NC(=O)c1cc(N2CCCCC2)nc(-c2ccccc2)n1. The van der Waals surface area contributed by atoms with Gasteiger partial charge in [0.2, 0.25) is 0 Å². The molecule has 1 aromatic heterocycles. The van der Waals surface area contributed by atoms with Crippen molar-refractivity contribution in [2.45, 2.75) is 45.6 Å². The molecule has 1 atom stereocenters. The quantitative estimate of drug-likeness (QED) is 0.904. The van der Waals surface area contributed by atoms with Gasteiger partial charge < -0.3 is 10.2 Å². The Morgan fingerprint density at radius 3 is 2.56 bits per heavy atom. The minimum Gasteiger partial charge on any atom is -0.356 e. The Kier molecular flexibility index (Phi) is 5.64. The maximum atomic E-state index is 12.6. The third kappa shape index (κ3) is 4.35. The largest absolute Gasteiger partial charge is 0.356 e. The lowest BCUT2D eigenvalue weighted by Crippen LogP contribution is -2.34. The Bertz CT molecular complexity index is 711. The first kappa shape index (κ1) is 17.4. The van der Waals surface area contributed by atoms with Crippen LogP contribution >= 0.6 is 0 Å². The lowest BCUT2D eigenvalue weighted by atomic mass is 10.1. The topological polar surface area (TPSA) is 58.1 Å². The first-order chi connectivity index (χ1) is 12.2. The zero-order chi connectivity index (χ0) is 17.6. The van der Waals surface area contributed by atoms with Gasteiger partial charge in [-0.05, 0) is 32.6 Å². The van der Waals surface area contributed by atoms with Crippen LogP contribution in [-0.2, 0) is 0 Å². The van der Waals surface area contributed by atoms with Gasteiger partial charge in [0.05, 0.1) is 0 Å². The molecule has 1 N–H and O–H groups in total. The zero-order valence-corrected chi connectivity index (χ0v) is 15.0. The molecule has 1 aliphatic heterocycles. The fourth-order valence-corrected chi connectivity index (χ4v) is 2.95. The molecule has 5 nitrogen and oxygen atoms in total. The molecule has 1 fully saturated rings. The summed E-state index contributed by atoms with van der Waals surface area (Å²) in [7, 11) is 0. The van der Waals surface area contributed by atoms with Gasteiger partial charge in [0.25, 0.3) is 5.91 Å². The van der Waals surface area contributed by atoms with Gasteiger partial charge >= 0.3 is 0 Å². The van der Waals surface area contributed by atoms with E-state index in [1.807, 2.05) is 43.3 Å². The highest BCUT2D eigenvalue weighted by Crippen LogP contribution is 2.23. The molecule has 5 heteroatoms. The van der Waals surface area contributed by atoms with Crippen LogP contribution < -0.4 is 10.2 Å². The number of nitrogens with one attached hydrogen (secondary N) is 1. The van der Waals surface area contributed by atoms with E-state index in [2.05, 4.69) is 22.1 Å². The number of aromatic nitrogens is 2. The van der Waals surface area contributed by atoms with Crippen LogP contribution in [0.25, 0.3) is 11.4 Å². The van der Waals surface area contributed by atoms with E-state index in [-0.39, 0.29) is 11.9 Å². The van der Waals surface area contributed by atoms with Crippen molar-refractivity contribution in [1.82, 2.24) is 15.3 Å². The summed E-state index contributed by atoms with van der Waals surface area (Å²) in [6.45, 7) is 6.03. The van der Waals surface area contributed by atoms with E-state index < -0.39 is 0 Å². The molecular formula is C20H26N4O. The van der Waals surface area contributed by atoms with Crippen molar-refractivity contribution in [2.75, 3.05) is 18.0 Å². The molecule has 0 radical (unpaired) electrons. The van der Waals surface area contributed by atoms with Crippen molar-refractivity contribution in [3.8, 4) is 11.4 Å². The van der Waals surface area contributed by atoms with Gasteiger partial charge in [-0.15, -0.1) is 0 Å². The maximum Gasteiger partial charge on any atom is 0.270 e. The van der Waals surface area contributed by atoms with E-state index >= 15 is 0 Å². The fourth-order valence-electron chi connectivity index (χ4n) is 2.95. The number of benzene rings is 1. The van der Waals surface area contributed by atoms with Crippen molar-refractivity contribution in [1.29, 1.82) is 0 Å². The highest BCUT2D eigenvalue weighted by molar-refractivity contribution is 5.93. The van der Waals surface area contributed by atoms with Gasteiger partial charge in [-0.25, -0.2) is 9.97 Å². The molecule has 0 aliphatic carbocycles. The van der Waals surface area contributed by atoms with Crippen LogP contribution in [0.4, 0.5) is 5.82 Å². The monoisotopic (exact) mass is 338 g/mol. The number of hydrogen-bond donors (Lipinski definition) is 1. The highest BCUT2D eigenvalue weighted by atomic mass is 16.1. The second-order valence-corrected chi connectivity index (χ2v) is 6.63. The van der Waals surface area contributed by atoms with Crippen LogP contribution in [0, 0.1) is 0 Å². The zero-order valence-electron chi connectivity index (χ0n) is 15.0. The van der Waals surface area contributed by atoms with Crippen LogP contribution in [0.1, 0.15) is 50.0 Å². The molecular weight excluding hydrogens is 312 g/mol. The van der Waals surface area contributed by atoms with Crippen molar-refractivity contribution >= 4 is 11.7 Å². The van der Waals surface area contributed by atoms with E-state index in [0.717, 1.165) is 30.9 Å². The molecule has 2 heterocycles. The summed E-state index contributed by atoms with van der Waals surface area (Å²) in [4.78, 5) is 24.2. The molecule has 1 aromatic carbocycles. The predicted octanol–water partition coefficient (Wildman–Crippen LogP) is 3.66. The van der Waals surface area contributed by atoms with Crippen LogP contribution in [-0.4, -0.2) is 35.0 Å². The molecule has 3 rings (SSSR count). The number of amides is 1. The summed E-state index contributed by atoms with van der Waals surface area (Å²) in [6.07, 6.45) is 4.48. The number of carbonyl (C=O) groups excluding carboxylic acids is 1. The lowest BCUT2D eigenvalue weighted by Gasteiger charge is -2.28. The molecule has 1 aliphatic rings. The van der Waals surface area contributed by atoms with E-state index in [0.29, 0.717) is 11.5 Å². The molecule has 2 aromatic rings. The summed E-state index contributed by atoms with van der Waals surface area (Å²) >= 11 is 0. The third-order valence-electron chi connectivity index (χ3n) is 4.65. The third-order valence-corrected chi connectivity index (χ3v) is 4.65. The summed E-state index contributed by atoms with van der Waals surface area (Å²) < 4.78 is 0. The van der Waals surface area contributed by atoms with Crippen molar-refractivity contribution in [2.24, 2.45) is 0 Å². The Morgan fingerprint density at radius 1 is 1.16 bits per heavy atom. The molecule has 1 unspecified atom stereocenters. The van der Waals surface area contributed by atoms with Crippen LogP contribution in [0.15, 0.2) is 36.4 Å². The van der Waals surface area contributed by atoms with E-state index in [9.17, 15) is 4.79 Å². The van der Waals surface area contributed by atoms with Gasteiger partial charge in [0, 0.05) is 30.8 Å². The second-order valence-electron chi connectivity index (χ2n) is 6.63. The standard InChI is InChI=1S/C20H26N4O/c1-3-15(2)21-20(25)17-14-18(24-12-8-5-9-13-24)23-19(22-17)16-10-6-4-7-11-16/h4,6-7,10-11,14-15H,3,5,8-9,12-13H2,1-2H3,(H,21,25). The molecule has 0 saturated carbocycles. The Balaban J connectivity index is 1.97. The van der Waals surface area contributed by atoms with E-state index in [4.69, 9.17) is 4.98 Å². The fraction of sp³-hybridized carbons (Fsp3) is 0.450. The summed E-state index contributed by atoms with van der Waals surface area (Å²) in [6, 6.07) is 11.8. The average molecular weight is 338 g/mol. The average Bonchev–Trinajstić information content (AvgIpc) is 2.68. The Labute approximate surface area is 149 Å². The van der Waals surface area contributed by atoms with Crippen LogP contribution in [0.5, 0.6) is 0 Å². The number of rotatable bonds is 5. The molecule has 0 spiro atoms. The Morgan fingerprint density at radius 2 is 1.88 bits per heavy atom. The molecule has 1 saturated heterocycles. The molecule has 25 heavy (non-hydrogen) atoms. The minimum atomic E-state index is -0.132. The molecule has 132 valence electrons. The smallest absolute Gasteiger partial charge is 0.270 e. The summed E-state index contributed by atoms with van der Waals surface area (Å²) in [5.74, 6) is 1.33. The van der Waals surface area contributed by atoms with Gasteiger partial charge in [-0.2, -0.15) is 0 Å². The molecule has 1 amide bonds. The highest BCUT2D eigenvalue weighted by Gasteiger charge is 2.18. The number of hydrogen-bond acceptors (Lipinski definition) is 4. The number of anilines is 1. The van der Waals surface area contributed by atoms with Crippen LogP contribution in [0.3, 0.4) is 0 Å². The first-order valence-electron chi connectivity index (χ1n) is 9.17. The van der Waals surface area contributed by atoms with Crippen LogP contribution in [0.2, 0.25) is 0 Å². The first-order valence-corrected chi connectivity index (χ1v) is 9.17. The number of carbonyl (C=O) groups is 1. The maximum absolute atomic E-state index is 12.6. The van der Waals surface area contributed by atoms with Crippen molar-refractivity contribution in [3.05, 3.63) is 42.1 Å². The minimum absolute atomic E-state index is 0.126. The van der Waals surface area contributed by atoms with E-state index in [1.54, 1.807) is 0 Å². The number of piperidine rings is 1. The predicted molar refractivity (Wildman–Crippen MR) is 101 cm³/mol. The van der Waals surface area contributed by atoms with Gasteiger partial charge in [-0.3, -0.25) is 4.79 Å². The lowest BCUT2D eigenvalue weighted by molar-refractivity contribution is 0.0934. The van der Waals surface area contributed by atoms with Crippen molar-refractivity contribution in [3.63, 3.8) is 0 Å². The number of nitrogens with zero attached hydrogens (tertiary/aromatic N) is 3. The van der Waals surface area contributed by atoms with E-state index in [1.165, 1.54) is 19.3 Å². The normalized spacial score (nSPS) is 15.7. The van der Waals surface area contributed by atoms with Gasteiger partial charge in [0.15, 0.2) is 5.82 Å². The molecule has 0 bridgehead atoms. The Hall–Kier alpha value is -2.43.